The van der Waals surface area contributed by atoms with Crippen LogP contribution < -0.4 is 4.74 Å². The fourth-order valence-corrected chi connectivity index (χ4v) is 8.87. The SMILES string of the molecule is c1ccc(-c2nc3c4c(c(-n5c6ccccc6c6c7ccccc7c7c8ccccc8sc7c65)ccc4n2)Oc2ccccc2-3)cc1. The molecule has 0 unspecified atom stereocenters. The van der Waals surface area contributed by atoms with Crippen molar-refractivity contribution >= 4 is 75.0 Å². The van der Waals surface area contributed by atoms with Crippen molar-refractivity contribution in [3.05, 3.63) is 140 Å². The van der Waals surface area contributed by atoms with Gasteiger partial charge in [-0.2, -0.15) is 0 Å². The Bertz CT molecular complexity index is 2940. The first-order chi connectivity index (χ1) is 23.3. The molecule has 10 aromatic rings. The molecule has 218 valence electrons. The van der Waals surface area contributed by atoms with Crippen LogP contribution in [0.25, 0.3) is 92.0 Å². The molecule has 0 atom stereocenters. The molecule has 47 heavy (non-hydrogen) atoms. The maximum absolute atomic E-state index is 6.91. The lowest BCUT2D eigenvalue weighted by atomic mass is 9.99. The second-order valence-electron chi connectivity index (χ2n) is 12.1. The Kier molecular flexibility index (Phi) is 4.96. The topological polar surface area (TPSA) is 39.9 Å². The van der Waals surface area contributed by atoms with Gasteiger partial charge in [-0.05, 0) is 47.2 Å². The van der Waals surface area contributed by atoms with Crippen molar-refractivity contribution in [1.29, 1.82) is 0 Å². The number of thiophene rings is 1. The van der Waals surface area contributed by atoms with Crippen molar-refractivity contribution in [3.8, 4) is 39.8 Å². The standard InChI is InChI=1S/C42H23N3OS/c1-2-12-24(13-3-1)42-43-30-22-23-32(40-37(30)38(44-42)28-17-7-10-20-33(28)46-40)45-31-19-9-6-16-27(31)35-25-14-4-5-15-26(25)36-29-18-8-11-21-34(29)47-41(36)39(35)45/h1-23H. The van der Waals surface area contributed by atoms with Gasteiger partial charge in [0.05, 0.1) is 38.0 Å². The average molecular weight is 618 g/mol. The zero-order valence-electron chi connectivity index (χ0n) is 24.9. The fourth-order valence-electron chi connectivity index (χ4n) is 7.61. The summed E-state index contributed by atoms with van der Waals surface area (Å²) in [5, 5.41) is 8.54. The third-order valence-corrected chi connectivity index (χ3v) is 10.8. The molecule has 0 aliphatic carbocycles. The monoisotopic (exact) mass is 617 g/mol. The minimum absolute atomic E-state index is 0.707. The van der Waals surface area contributed by atoms with E-state index in [1.807, 2.05) is 47.7 Å². The highest BCUT2D eigenvalue weighted by molar-refractivity contribution is 7.27. The van der Waals surface area contributed by atoms with Gasteiger partial charge in [-0.1, -0.05) is 103 Å². The van der Waals surface area contributed by atoms with Crippen molar-refractivity contribution in [3.63, 3.8) is 0 Å². The predicted molar refractivity (Wildman–Crippen MR) is 195 cm³/mol. The Balaban J connectivity index is 1.34. The lowest BCUT2D eigenvalue weighted by Gasteiger charge is -2.24. The largest absolute Gasteiger partial charge is 0.454 e. The van der Waals surface area contributed by atoms with Crippen LogP contribution in [0, 0.1) is 0 Å². The second-order valence-corrected chi connectivity index (χ2v) is 13.1. The number of fused-ring (bicyclic) bond motifs is 12. The van der Waals surface area contributed by atoms with Crippen LogP contribution in [0.5, 0.6) is 11.5 Å². The molecule has 11 rings (SSSR count). The van der Waals surface area contributed by atoms with Crippen molar-refractivity contribution in [2.24, 2.45) is 0 Å². The van der Waals surface area contributed by atoms with Crippen LogP contribution in [-0.4, -0.2) is 14.5 Å². The van der Waals surface area contributed by atoms with E-state index >= 15 is 0 Å². The van der Waals surface area contributed by atoms with Crippen molar-refractivity contribution in [1.82, 2.24) is 14.5 Å². The highest BCUT2D eigenvalue weighted by atomic mass is 32.1. The minimum Gasteiger partial charge on any atom is -0.454 e. The quantitative estimate of drug-likeness (QED) is 0.194. The van der Waals surface area contributed by atoms with Crippen LogP contribution in [0.1, 0.15) is 0 Å². The van der Waals surface area contributed by atoms with Gasteiger partial charge in [-0.15, -0.1) is 11.3 Å². The Morgan fingerprint density at radius 1 is 0.553 bits per heavy atom. The molecule has 0 N–H and O–H groups in total. The van der Waals surface area contributed by atoms with Crippen LogP contribution >= 0.6 is 11.3 Å². The van der Waals surface area contributed by atoms with Gasteiger partial charge in [0, 0.05) is 37.4 Å². The summed E-state index contributed by atoms with van der Waals surface area (Å²) >= 11 is 1.87. The van der Waals surface area contributed by atoms with E-state index in [2.05, 4.69) is 108 Å². The van der Waals surface area contributed by atoms with E-state index in [0.717, 1.165) is 50.4 Å². The second kappa shape index (κ2) is 9.25. The molecule has 7 aromatic carbocycles. The molecule has 0 fully saturated rings. The van der Waals surface area contributed by atoms with Gasteiger partial charge in [0.1, 0.15) is 5.75 Å². The number of benzene rings is 7. The summed E-state index contributed by atoms with van der Waals surface area (Å²) < 4.78 is 11.9. The molecule has 0 saturated carbocycles. The van der Waals surface area contributed by atoms with E-state index < -0.39 is 0 Å². The third kappa shape index (κ3) is 3.36. The summed E-state index contributed by atoms with van der Waals surface area (Å²) in [4.78, 5) is 10.3. The summed E-state index contributed by atoms with van der Waals surface area (Å²) in [5.41, 5.74) is 7.03. The zero-order valence-corrected chi connectivity index (χ0v) is 25.8. The first kappa shape index (κ1) is 25.2. The van der Waals surface area contributed by atoms with Gasteiger partial charge in [0.15, 0.2) is 11.6 Å². The van der Waals surface area contributed by atoms with Crippen LogP contribution in [-0.2, 0) is 0 Å². The van der Waals surface area contributed by atoms with Crippen LogP contribution in [0.4, 0.5) is 0 Å². The van der Waals surface area contributed by atoms with Crippen molar-refractivity contribution in [2.75, 3.05) is 0 Å². The van der Waals surface area contributed by atoms with E-state index in [9.17, 15) is 0 Å². The minimum atomic E-state index is 0.707. The maximum atomic E-state index is 6.91. The van der Waals surface area contributed by atoms with E-state index in [0.29, 0.717) is 5.82 Å². The van der Waals surface area contributed by atoms with E-state index in [-0.39, 0.29) is 0 Å². The fraction of sp³-hybridized carbons (Fsp3) is 0. The van der Waals surface area contributed by atoms with E-state index in [4.69, 9.17) is 14.7 Å². The van der Waals surface area contributed by atoms with Gasteiger partial charge in [-0.3, -0.25) is 0 Å². The van der Waals surface area contributed by atoms with Crippen molar-refractivity contribution in [2.45, 2.75) is 0 Å². The number of hydrogen-bond acceptors (Lipinski definition) is 4. The Labute approximate surface area is 272 Å². The van der Waals surface area contributed by atoms with Gasteiger partial charge in [0.25, 0.3) is 0 Å². The summed E-state index contributed by atoms with van der Waals surface area (Å²) in [5.74, 6) is 2.28. The lowest BCUT2D eigenvalue weighted by Crippen LogP contribution is -2.06. The molecule has 3 aromatic heterocycles. The van der Waals surface area contributed by atoms with E-state index in [1.165, 1.54) is 47.2 Å². The summed E-state index contributed by atoms with van der Waals surface area (Å²) in [7, 11) is 0. The average Bonchev–Trinajstić information content (AvgIpc) is 3.69. The van der Waals surface area contributed by atoms with E-state index in [1.54, 1.807) is 0 Å². The molecule has 4 heterocycles. The van der Waals surface area contributed by atoms with Gasteiger partial charge >= 0.3 is 0 Å². The first-order valence-corrected chi connectivity index (χ1v) is 16.6. The molecular formula is C42H23N3OS. The van der Waals surface area contributed by atoms with Crippen molar-refractivity contribution < 1.29 is 4.74 Å². The number of para-hydroxylation sites is 2. The molecule has 0 spiro atoms. The third-order valence-electron chi connectivity index (χ3n) is 9.57. The lowest BCUT2D eigenvalue weighted by molar-refractivity contribution is 0.484. The highest BCUT2D eigenvalue weighted by Crippen LogP contribution is 2.52. The molecule has 0 saturated heterocycles. The molecular weight excluding hydrogens is 595 g/mol. The molecule has 0 amide bonds. The Morgan fingerprint density at radius 3 is 2.13 bits per heavy atom. The molecule has 4 nitrogen and oxygen atoms in total. The Morgan fingerprint density at radius 2 is 1.26 bits per heavy atom. The van der Waals surface area contributed by atoms with Crippen LogP contribution in [0.3, 0.4) is 0 Å². The molecule has 1 aliphatic rings. The zero-order chi connectivity index (χ0) is 30.6. The normalized spacial score (nSPS) is 12.4. The predicted octanol–water partition coefficient (Wildman–Crippen LogP) is 11.7. The van der Waals surface area contributed by atoms with Crippen LogP contribution in [0.2, 0.25) is 0 Å². The summed E-state index contributed by atoms with van der Waals surface area (Å²) in [6.45, 7) is 0. The number of ether oxygens (including phenoxy) is 1. The molecule has 1 aliphatic heterocycles. The number of nitrogens with zero attached hydrogens (tertiary/aromatic N) is 3. The van der Waals surface area contributed by atoms with Gasteiger partial charge in [0.2, 0.25) is 0 Å². The highest BCUT2D eigenvalue weighted by Gasteiger charge is 2.29. The summed E-state index contributed by atoms with van der Waals surface area (Å²) in [6.07, 6.45) is 0. The number of aromatic nitrogens is 3. The van der Waals surface area contributed by atoms with Gasteiger partial charge in [-0.25, -0.2) is 9.97 Å². The first-order valence-electron chi connectivity index (χ1n) is 15.8. The Hall–Kier alpha value is -6.04. The molecule has 0 radical (unpaired) electrons. The maximum Gasteiger partial charge on any atom is 0.163 e. The number of rotatable bonds is 2. The van der Waals surface area contributed by atoms with Crippen LogP contribution in [0.15, 0.2) is 140 Å². The summed E-state index contributed by atoms with van der Waals surface area (Å²) in [6, 6.07) is 49.1. The smallest absolute Gasteiger partial charge is 0.163 e. The molecule has 5 heteroatoms. The molecule has 0 bridgehead atoms. The number of hydrogen-bond donors (Lipinski definition) is 0. The van der Waals surface area contributed by atoms with Gasteiger partial charge < -0.3 is 9.30 Å².